The predicted octanol–water partition coefficient (Wildman–Crippen LogP) is 4.63. The Kier molecular flexibility index (Phi) is 7.67. The van der Waals surface area contributed by atoms with Crippen LogP contribution in [0.1, 0.15) is 37.5 Å². The summed E-state index contributed by atoms with van der Waals surface area (Å²) in [6.45, 7) is 8.94. The Balaban J connectivity index is 2.21. The Hall–Kier alpha value is -1.64. The number of nitrogens with zero attached hydrogens (tertiary/aromatic N) is 2. The van der Waals surface area contributed by atoms with Crippen molar-refractivity contribution < 1.29 is 0 Å². The van der Waals surface area contributed by atoms with E-state index in [1.54, 1.807) is 0 Å². The first-order valence-electron chi connectivity index (χ1n) is 9.51. The Labute approximate surface area is 154 Å². The minimum Gasteiger partial charge on any atom is -0.308 e. The molecular formula is C23H34N2. The van der Waals surface area contributed by atoms with E-state index in [9.17, 15) is 0 Å². The van der Waals surface area contributed by atoms with Gasteiger partial charge >= 0.3 is 0 Å². The topological polar surface area (TPSA) is 6.48 Å². The minimum absolute atomic E-state index is 0.502. The van der Waals surface area contributed by atoms with Crippen LogP contribution in [0.3, 0.4) is 0 Å². The predicted molar refractivity (Wildman–Crippen MR) is 109 cm³/mol. The van der Waals surface area contributed by atoms with Gasteiger partial charge in [-0.2, -0.15) is 0 Å². The van der Waals surface area contributed by atoms with Crippen LogP contribution in [0.5, 0.6) is 0 Å². The van der Waals surface area contributed by atoms with Crippen LogP contribution < -0.4 is 0 Å². The van der Waals surface area contributed by atoms with Crippen LogP contribution in [-0.4, -0.2) is 42.5 Å². The molecule has 2 aromatic carbocycles. The number of aryl methyl sites for hydroxylation is 1. The summed E-state index contributed by atoms with van der Waals surface area (Å²) in [7, 11) is 4.35. The zero-order chi connectivity index (χ0) is 18.2. The average molecular weight is 339 g/mol. The van der Waals surface area contributed by atoms with Gasteiger partial charge in [0, 0.05) is 25.2 Å². The largest absolute Gasteiger partial charge is 0.308 e. The molecule has 1 atom stereocenters. The molecule has 2 nitrogen and oxygen atoms in total. The molecule has 2 heteroatoms. The lowest BCUT2D eigenvalue weighted by molar-refractivity contribution is 0.118. The van der Waals surface area contributed by atoms with Crippen molar-refractivity contribution in [3.05, 3.63) is 71.3 Å². The van der Waals surface area contributed by atoms with Crippen molar-refractivity contribution in [3.8, 4) is 0 Å². The molecule has 0 fully saturated rings. The van der Waals surface area contributed by atoms with E-state index < -0.39 is 0 Å². The normalized spacial score (nSPS) is 13.0. The van der Waals surface area contributed by atoms with Gasteiger partial charge in [0.1, 0.15) is 0 Å². The standard InChI is InChI=1S/C23H34N2/c1-6-20-13-10-14-22(15-20)17-25(19(2)3)23(18-24(4)5)16-21-11-8-7-9-12-21/h7-15,19,23H,6,16-18H2,1-5H3/t23-/m0/s1. The quantitative estimate of drug-likeness (QED) is 0.657. The van der Waals surface area contributed by atoms with E-state index in [1.165, 1.54) is 16.7 Å². The van der Waals surface area contributed by atoms with Gasteiger partial charge in [-0.3, -0.25) is 4.90 Å². The Morgan fingerprint density at radius 1 is 0.840 bits per heavy atom. The number of rotatable bonds is 9. The zero-order valence-corrected chi connectivity index (χ0v) is 16.6. The van der Waals surface area contributed by atoms with E-state index >= 15 is 0 Å². The maximum Gasteiger partial charge on any atom is 0.0269 e. The van der Waals surface area contributed by atoms with Crippen molar-refractivity contribution >= 4 is 0 Å². The molecule has 0 aromatic heterocycles. The first kappa shape index (κ1) is 19.7. The molecule has 0 bridgehead atoms. The van der Waals surface area contributed by atoms with Crippen molar-refractivity contribution in [1.82, 2.24) is 9.80 Å². The average Bonchev–Trinajstić information content (AvgIpc) is 2.59. The molecule has 0 heterocycles. The number of hydrogen-bond acceptors (Lipinski definition) is 2. The van der Waals surface area contributed by atoms with Gasteiger partial charge in [0.05, 0.1) is 0 Å². The van der Waals surface area contributed by atoms with Gasteiger partial charge in [0.25, 0.3) is 0 Å². The highest BCUT2D eigenvalue weighted by Crippen LogP contribution is 2.18. The second kappa shape index (κ2) is 9.74. The van der Waals surface area contributed by atoms with E-state index in [2.05, 4.69) is 99.3 Å². The molecule has 0 aliphatic heterocycles. The van der Waals surface area contributed by atoms with Gasteiger partial charge in [0.2, 0.25) is 0 Å². The zero-order valence-electron chi connectivity index (χ0n) is 16.6. The lowest BCUT2D eigenvalue weighted by Gasteiger charge is -2.37. The van der Waals surface area contributed by atoms with Crippen LogP contribution in [0.25, 0.3) is 0 Å². The van der Waals surface area contributed by atoms with Crippen LogP contribution in [0.15, 0.2) is 54.6 Å². The van der Waals surface area contributed by atoms with E-state index in [0.717, 1.165) is 25.9 Å². The molecule has 0 spiro atoms. The van der Waals surface area contributed by atoms with Gasteiger partial charge < -0.3 is 4.90 Å². The highest BCUT2D eigenvalue weighted by Gasteiger charge is 2.22. The van der Waals surface area contributed by atoms with Crippen LogP contribution in [-0.2, 0) is 19.4 Å². The fraction of sp³-hybridized carbons (Fsp3) is 0.478. The summed E-state index contributed by atoms with van der Waals surface area (Å²) < 4.78 is 0. The summed E-state index contributed by atoms with van der Waals surface area (Å²) in [5.74, 6) is 0. The fourth-order valence-corrected chi connectivity index (χ4v) is 3.49. The van der Waals surface area contributed by atoms with Gasteiger partial charge in [-0.05, 0) is 57.5 Å². The van der Waals surface area contributed by atoms with Gasteiger partial charge in [0.15, 0.2) is 0 Å². The maximum atomic E-state index is 2.65. The van der Waals surface area contributed by atoms with Crippen LogP contribution >= 0.6 is 0 Å². The van der Waals surface area contributed by atoms with E-state index in [-0.39, 0.29) is 0 Å². The number of benzene rings is 2. The second-order valence-corrected chi connectivity index (χ2v) is 7.55. The molecule has 0 N–H and O–H groups in total. The van der Waals surface area contributed by atoms with E-state index in [4.69, 9.17) is 0 Å². The van der Waals surface area contributed by atoms with Crippen molar-refractivity contribution in [2.24, 2.45) is 0 Å². The third kappa shape index (κ3) is 6.30. The Morgan fingerprint density at radius 3 is 2.08 bits per heavy atom. The van der Waals surface area contributed by atoms with Crippen molar-refractivity contribution in [1.29, 1.82) is 0 Å². The van der Waals surface area contributed by atoms with Crippen molar-refractivity contribution in [2.45, 2.75) is 52.2 Å². The highest BCUT2D eigenvalue weighted by molar-refractivity contribution is 5.24. The molecule has 2 aromatic rings. The van der Waals surface area contributed by atoms with E-state index in [0.29, 0.717) is 12.1 Å². The molecular weight excluding hydrogens is 304 g/mol. The Morgan fingerprint density at radius 2 is 1.48 bits per heavy atom. The van der Waals surface area contributed by atoms with Gasteiger partial charge in [-0.1, -0.05) is 61.5 Å². The summed E-state index contributed by atoms with van der Waals surface area (Å²) in [5.41, 5.74) is 4.26. The molecule has 0 aliphatic carbocycles. The lowest BCUT2D eigenvalue weighted by atomic mass is 10.0. The SMILES string of the molecule is CCc1cccc(CN(C(C)C)[C@@H](Cc2ccccc2)CN(C)C)c1. The third-order valence-electron chi connectivity index (χ3n) is 4.79. The summed E-state index contributed by atoms with van der Waals surface area (Å²) in [4.78, 5) is 4.97. The van der Waals surface area contributed by atoms with Crippen LogP contribution in [0.4, 0.5) is 0 Å². The molecule has 136 valence electrons. The molecule has 2 rings (SSSR count). The maximum absolute atomic E-state index is 2.65. The molecule has 0 saturated heterocycles. The third-order valence-corrected chi connectivity index (χ3v) is 4.79. The monoisotopic (exact) mass is 338 g/mol. The molecule has 25 heavy (non-hydrogen) atoms. The van der Waals surface area contributed by atoms with E-state index in [1.807, 2.05) is 0 Å². The summed E-state index contributed by atoms with van der Waals surface area (Å²) in [5, 5.41) is 0. The number of likely N-dealkylation sites (N-methyl/N-ethyl adjacent to an activating group) is 1. The lowest BCUT2D eigenvalue weighted by Crippen LogP contribution is -2.46. The number of hydrogen-bond donors (Lipinski definition) is 0. The summed E-state index contributed by atoms with van der Waals surface area (Å²) in [6.07, 6.45) is 2.19. The smallest absolute Gasteiger partial charge is 0.0269 e. The molecule has 0 radical (unpaired) electrons. The molecule has 0 unspecified atom stereocenters. The van der Waals surface area contributed by atoms with Crippen molar-refractivity contribution in [3.63, 3.8) is 0 Å². The van der Waals surface area contributed by atoms with Gasteiger partial charge in [-0.15, -0.1) is 0 Å². The fourth-order valence-electron chi connectivity index (χ4n) is 3.49. The molecule has 0 amide bonds. The van der Waals surface area contributed by atoms with Crippen LogP contribution in [0, 0.1) is 0 Å². The first-order chi connectivity index (χ1) is 12.0. The van der Waals surface area contributed by atoms with Crippen molar-refractivity contribution in [2.75, 3.05) is 20.6 Å². The second-order valence-electron chi connectivity index (χ2n) is 7.55. The minimum atomic E-state index is 0.502. The first-order valence-corrected chi connectivity index (χ1v) is 9.51. The summed E-state index contributed by atoms with van der Waals surface area (Å²) >= 11 is 0. The van der Waals surface area contributed by atoms with Gasteiger partial charge in [-0.25, -0.2) is 0 Å². The highest BCUT2D eigenvalue weighted by atomic mass is 15.2. The van der Waals surface area contributed by atoms with Crippen LogP contribution in [0.2, 0.25) is 0 Å². The Bertz CT molecular complexity index is 619. The molecule has 0 saturated carbocycles. The molecule has 0 aliphatic rings. The summed E-state index contributed by atoms with van der Waals surface area (Å²) in [6, 6.07) is 21.0.